The van der Waals surface area contributed by atoms with Gasteiger partial charge < -0.3 is 15.4 Å². The van der Waals surface area contributed by atoms with Crippen LogP contribution in [0.3, 0.4) is 0 Å². The molecule has 8 heteroatoms. The Bertz CT molecular complexity index is 1310. The summed E-state index contributed by atoms with van der Waals surface area (Å²) < 4.78 is 19.0. The van der Waals surface area contributed by atoms with Gasteiger partial charge in [-0.15, -0.1) is 0 Å². The van der Waals surface area contributed by atoms with Crippen LogP contribution in [0.25, 0.3) is 6.08 Å². The zero-order valence-electron chi connectivity index (χ0n) is 18.5. The average Bonchev–Trinajstić information content (AvgIpc) is 2.80. The maximum absolute atomic E-state index is 13.6. The maximum Gasteiger partial charge on any atom is 0.266 e. The number of hydrogen-bond acceptors (Lipinski definition) is 4. The molecule has 3 rings (SSSR count). The van der Waals surface area contributed by atoms with Crippen LogP contribution >= 0.6 is 11.6 Å². The second-order valence-corrected chi connectivity index (χ2v) is 7.84. The number of nitrogens with zero attached hydrogens (tertiary/aromatic N) is 1. The first-order chi connectivity index (χ1) is 16.3. The molecule has 0 atom stereocenters. The minimum absolute atomic E-state index is 0.0470. The van der Waals surface area contributed by atoms with Crippen LogP contribution in [0, 0.1) is 31.0 Å². The molecule has 2 amide bonds. The Morgan fingerprint density at radius 3 is 2.50 bits per heavy atom. The normalized spacial score (nSPS) is 10.9. The SMILES string of the molecule is Cc1ccc(NC(=O)/C(C#N)=C\c2ccc(OCC(=O)Nc3ccccc3F)c(Cl)c2)cc1C. The standard InChI is InChI=1S/C26H21ClFN3O3/c1-16-7-9-20(11-17(16)2)30-26(33)19(14-29)12-18-8-10-24(21(27)13-18)34-15-25(32)31-23-6-4-3-5-22(23)28/h3-13H,15H2,1-2H3,(H,30,33)(H,31,32)/b19-12-. The number of halogens is 2. The van der Waals surface area contributed by atoms with Gasteiger partial charge in [0.1, 0.15) is 23.2 Å². The van der Waals surface area contributed by atoms with Gasteiger partial charge in [-0.1, -0.05) is 35.9 Å². The number of carbonyl (C=O) groups excluding carboxylic acids is 2. The van der Waals surface area contributed by atoms with Gasteiger partial charge in [0.05, 0.1) is 10.7 Å². The van der Waals surface area contributed by atoms with Crippen LogP contribution in [-0.2, 0) is 9.59 Å². The highest BCUT2D eigenvalue weighted by molar-refractivity contribution is 6.32. The van der Waals surface area contributed by atoms with E-state index in [0.29, 0.717) is 11.3 Å². The fraction of sp³-hybridized carbons (Fsp3) is 0.115. The summed E-state index contributed by atoms with van der Waals surface area (Å²) in [6.07, 6.45) is 1.40. The Morgan fingerprint density at radius 1 is 1.06 bits per heavy atom. The summed E-state index contributed by atoms with van der Waals surface area (Å²) in [5, 5.41) is 14.7. The molecule has 172 valence electrons. The lowest BCUT2D eigenvalue weighted by atomic mass is 10.1. The van der Waals surface area contributed by atoms with Gasteiger partial charge in [0.25, 0.3) is 11.8 Å². The first-order valence-electron chi connectivity index (χ1n) is 10.2. The Morgan fingerprint density at radius 2 is 1.82 bits per heavy atom. The Hall–Kier alpha value is -4.15. The summed E-state index contributed by atoms with van der Waals surface area (Å²) in [6, 6.07) is 17.8. The fourth-order valence-corrected chi connectivity index (χ4v) is 3.19. The van der Waals surface area contributed by atoms with Gasteiger partial charge in [0.15, 0.2) is 6.61 Å². The molecule has 6 nitrogen and oxygen atoms in total. The van der Waals surface area contributed by atoms with E-state index >= 15 is 0 Å². The number of aryl methyl sites for hydroxylation is 2. The van der Waals surface area contributed by atoms with Crippen LogP contribution in [0.4, 0.5) is 15.8 Å². The smallest absolute Gasteiger partial charge is 0.266 e. The van der Waals surface area contributed by atoms with Crippen molar-refractivity contribution in [1.82, 2.24) is 0 Å². The molecule has 0 radical (unpaired) electrons. The third-order valence-electron chi connectivity index (χ3n) is 4.90. The molecule has 2 N–H and O–H groups in total. The van der Waals surface area contributed by atoms with Crippen LogP contribution in [0.15, 0.2) is 66.2 Å². The van der Waals surface area contributed by atoms with E-state index in [-0.39, 0.29) is 28.6 Å². The summed E-state index contributed by atoms with van der Waals surface area (Å²) in [6.45, 7) is 3.51. The van der Waals surface area contributed by atoms with E-state index < -0.39 is 17.6 Å². The lowest BCUT2D eigenvalue weighted by molar-refractivity contribution is -0.118. The highest BCUT2D eigenvalue weighted by Crippen LogP contribution is 2.27. The summed E-state index contributed by atoms with van der Waals surface area (Å²) in [5.41, 5.74) is 3.14. The molecule has 34 heavy (non-hydrogen) atoms. The predicted octanol–water partition coefficient (Wildman–Crippen LogP) is 5.66. The van der Waals surface area contributed by atoms with Crippen molar-refractivity contribution in [3.63, 3.8) is 0 Å². The second kappa shape index (κ2) is 11.1. The molecule has 0 spiro atoms. The lowest BCUT2D eigenvalue weighted by Gasteiger charge is -2.10. The minimum atomic E-state index is -0.556. The van der Waals surface area contributed by atoms with Crippen LogP contribution in [0.2, 0.25) is 5.02 Å². The lowest BCUT2D eigenvalue weighted by Crippen LogP contribution is -2.20. The Balaban J connectivity index is 1.65. The van der Waals surface area contributed by atoms with E-state index in [1.165, 1.54) is 36.4 Å². The van der Waals surface area contributed by atoms with Crippen molar-refractivity contribution in [1.29, 1.82) is 5.26 Å². The molecule has 0 fully saturated rings. The van der Waals surface area contributed by atoms with Crippen molar-refractivity contribution >= 4 is 40.9 Å². The number of rotatable bonds is 7. The Labute approximate surface area is 201 Å². The fourth-order valence-electron chi connectivity index (χ4n) is 2.95. The molecule has 0 saturated heterocycles. The first-order valence-corrected chi connectivity index (χ1v) is 10.6. The van der Waals surface area contributed by atoms with Gasteiger partial charge in [-0.25, -0.2) is 4.39 Å². The number of hydrogen-bond donors (Lipinski definition) is 2. The zero-order valence-corrected chi connectivity index (χ0v) is 19.2. The molecule has 0 bridgehead atoms. The molecule has 0 unspecified atom stereocenters. The first kappa shape index (κ1) is 24.5. The summed E-state index contributed by atoms with van der Waals surface area (Å²) in [5.74, 6) is -1.44. The van der Waals surface area contributed by atoms with E-state index in [1.807, 2.05) is 32.0 Å². The summed E-state index contributed by atoms with van der Waals surface area (Å²) in [7, 11) is 0. The number of amides is 2. The topological polar surface area (TPSA) is 91.2 Å². The molecule has 0 aliphatic heterocycles. The van der Waals surface area contributed by atoms with Gasteiger partial charge in [-0.3, -0.25) is 9.59 Å². The third kappa shape index (κ3) is 6.44. The van der Waals surface area contributed by atoms with E-state index in [1.54, 1.807) is 18.2 Å². The summed E-state index contributed by atoms with van der Waals surface area (Å²) >= 11 is 6.24. The molecular formula is C26H21ClFN3O3. The van der Waals surface area contributed by atoms with Gasteiger partial charge in [0.2, 0.25) is 0 Å². The number of nitrogens with one attached hydrogen (secondary N) is 2. The summed E-state index contributed by atoms with van der Waals surface area (Å²) in [4.78, 5) is 24.5. The quantitative estimate of drug-likeness (QED) is 0.339. The molecule has 0 aliphatic carbocycles. The van der Waals surface area contributed by atoms with E-state index in [4.69, 9.17) is 16.3 Å². The highest BCUT2D eigenvalue weighted by atomic mass is 35.5. The van der Waals surface area contributed by atoms with Crippen LogP contribution in [0.1, 0.15) is 16.7 Å². The highest BCUT2D eigenvalue weighted by Gasteiger charge is 2.12. The molecule has 0 heterocycles. The molecule has 3 aromatic carbocycles. The number of para-hydroxylation sites is 1. The van der Waals surface area contributed by atoms with Crippen LogP contribution in [0.5, 0.6) is 5.75 Å². The molecular weight excluding hydrogens is 457 g/mol. The van der Waals surface area contributed by atoms with E-state index in [0.717, 1.165) is 11.1 Å². The predicted molar refractivity (Wildman–Crippen MR) is 130 cm³/mol. The third-order valence-corrected chi connectivity index (χ3v) is 5.20. The number of benzene rings is 3. The second-order valence-electron chi connectivity index (χ2n) is 7.43. The zero-order chi connectivity index (χ0) is 24.7. The van der Waals surface area contributed by atoms with Gasteiger partial charge in [-0.05, 0) is 73.0 Å². The van der Waals surface area contributed by atoms with Gasteiger partial charge >= 0.3 is 0 Å². The van der Waals surface area contributed by atoms with E-state index in [9.17, 15) is 19.2 Å². The van der Waals surface area contributed by atoms with Crippen LogP contribution < -0.4 is 15.4 Å². The number of carbonyl (C=O) groups is 2. The van der Waals surface area contributed by atoms with Crippen molar-refractivity contribution in [2.75, 3.05) is 17.2 Å². The van der Waals surface area contributed by atoms with Crippen molar-refractivity contribution in [2.45, 2.75) is 13.8 Å². The Kier molecular flexibility index (Phi) is 8.01. The monoisotopic (exact) mass is 477 g/mol. The van der Waals surface area contributed by atoms with Crippen LogP contribution in [-0.4, -0.2) is 18.4 Å². The largest absolute Gasteiger partial charge is 0.482 e. The molecule has 3 aromatic rings. The van der Waals surface area contributed by atoms with Crippen molar-refractivity contribution < 1.29 is 18.7 Å². The van der Waals surface area contributed by atoms with Crippen molar-refractivity contribution in [3.05, 3.63) is 93.8 Å². The number of nitriles is 1. The van der Waals surface area contributed by atoms with Gasteiger partial charge in [-0.2, -0.15) is 5.26 Å². The van der Waals surface area contributed by atoms with E-state index in [2.05, 4.69) is 10.6 Å². The molecule has 0 aromatic heterocycles. The minimum Gasteiger partial charge on any atom is -0.482 e. The maximum atomic E-state index is 13.6. The molecule has 0 aliphatic rings. The molecule has 0 saturated carbocycles. The van der Waals surface area contributed by atoms with Crippen molar-refractivity contribution in [3.8, 4) is 11.8 Å². The van der Waals surface area contributed by atoms with Crippen molar-refractivity contribution in [2.24, 2.45) is 0 Å². The number of ether oxygens (including phenoxy) is 1. The average molecular weight is 478 g/mol. The number of anilines is 2. The van der Waals surface area contributed by atoms with Gasteiger partial charge in [0, 0.05) is 5.69 Å².